The van der Waals surface area contributed by atoms with E-state index in [1.54, 1.807) is 10.6 Å². The molecular weight excluding hydrogens is 410 g/mol. The van der Waals surface area contributed by atoms with Gasteiger partial charge in [-0.05, 0) is 54.9 Å². The van der Waals surface area contributed by atoms with Gasteiger partial charge in [0.05, 0.1) is 18.3 Å². The first-order valence-electron chi connectivity index (χ1n) is 11.3. The van der Waals surface area contributed by atoms with Crippen molar-refractivity contribution in [2.45, 2.75) is 91.7 Å². The number of fused-ring (bicyclic) bond motifs is 1. The summed E-state index contributed by atoms with van der Waals surface area (Å²) in [5.41, 5.74) is 0.205. The SMILES string of the molecule is CC[C@@H]1CN(c2cc(OC(C)(C)C)nc3cc(CO)nn23)[C@@H](C)CN1C(=O)OC(C)(C)C. The van der Waals surface area contributed by atoms with Crippen LogP contribution in [0.5, 0.6) is 5.88 Å². The Kier molecular flexibility index (Phi) is 6.60. The van der Waals surface area contributed by atoms with Crippen LogP contribution in [-0.4, -0.2) is 67.1 Å². The van der Waals surface area contributed by atoms with Crippen molar-refractivity contribution in [1.82, 2.24) is 19.5 Å². The second-order valence-corrected chi connectivity index (χ2v) is 10.4. The van der Waals surface area contributed by atoms with E-state index in [1.165, 1.54) is 0 Å². The van der Waals surface area contributed by atoms with Gasteiger partial charge in [0.25, 0.3) is 0 Å². The van der Waals surface area contributed by atoms with Gasteiger partial charge < -0.3 is 24.4 Å². The molecule has 1 fully saturated rings. The van der Waals surface area contributed by atoms with Crippen molar-refractivity contribution >= 4 is 17.6 Å². The van der Waals surface area contributed by atoms with Crippen LogP contribution in [0, 0.1) is 0 Å². The van der Waals surface area contributed by atoms with Crippen LogP contribution < -0.4 is 9.64 Å². The normalized spacial score (nSPS) is 20.0. The molecule has 0 bridgehead atoms. The van der Waals surface area contributed by atoms with Crippen molar-refractivity contribution in [2.24, 2.45) is 0 Å². The molecule has 2 aromatic heterocycles. The molecule has 3 rings (SSSR count). The van der Waals surface area contributed by atoms with Gasteiger partial charge in [-0.3, -0.25) is 0 Å². The Morgan fingerprint density at radius 1 is 1.16 bits per heavy atom. The fraction of sp³-hybridized carbons (Fsp3) is 0.696. The molecule has 0 spiro atoms. The number of aromatic nitrogens is 3. The van der Waals surface area contributed by atoms with Gasteiger partial charge in [-0.25, -0.2) is 4.79 Å². The number of rotatable bonds is 4. The Hall–Kier alpha value is -2.55. The fourth-order valence-electron chi connectivity index (χ4n) is 3.88. The molecule has 32 heavy (non-hydrogen) atoms. The minimum Gasteiger partial charge on any atom is -0.472 e. The first-order chi connectivity index (χ1) is 14.8. The van der Waals surface area contributed by atoms with E-state index in [-0.39, 0.29) is 24.8 Å². The summed E-state index contributed by atoms with van der Waals surface area (Å²) in [6.45, 7) is 16.7. The van der Waals surface area contributed by atoms with Crippen LogP contribution in [0.15, 0.2) is 12.1 Å². The summed E-state index contributed by atoms with van der Waals surface area (Å²) in [5.74, 6) is 1.32. The molecule has 9 heteroatoms. The Morgan fingerprint density at radius 3 is 2.41 bits per heavy atom. The fourth-order valence-corrected chi connectivity index (χ4v) is 3.88. The Bertz CT molecular complexity index is 960. The number of hydrogen-bond acceptors (Lipinski definition) is 7. The van der Waals surface area contributed by atoms with E-state index < -0.39 is 11.2 Å². The zero-order valence-corrected chi connectivity index (χ0v) is 20.5. The summed E-state index contributed by atoms with van der Waals surface area (Å²) in [7, 11) is 0. The number of aliphatic hydroxyl groups excluding tert-OH is 1. The molecule has 1 aliphatic rings. The summed E-state index contributed by atoms with van der Waals surface area (Å²) in [5, 5.41) is 14.1. The Labute approximate surface area is 190 Å². The number of anilines is 1. The summed E-state index contributed by atoms with van der Waals surface area (Å²) in [6, 6.07) is 3.65. The van der Waals surface area contributed by atoms with E-state index in [4.69, 9.17) is 9.47 Å². The van der Waals surface area contributed by atoms with Crippen LogP contribution >= 0.6 is 0 Å². The molecule has 0 radical (unpaired) electrons. The molecule has 0 saturated carbocycles. The van der Waals surface area contributed by atoms with Crippen molar-refractivity contribution < 1.29 is 19.4 Å². The number of piperazine rings is 1. The van der Waals surface area contributed by atoms with E-state index in [0.717, 1.165) is 12.2 Å². The number of nitrogens with zero attached hydrogens (tertiary/aromatic N) is 5. The van der Waals surface area contributed by atoms with Gasteiger partial charge in [0.2, 0.25) is 5.88 Å². The lowest BCUT2D eigenvalue weighted by Crippen LogP contribution is -2.60. The van der Waals surface area contributed by atoms with Gasteiger partial charge in [0.15, 0.2) is 5.65 Å². The molecular formula is C23H37N5O4. The van der Waals surface area contributed by atoms with E-state index in [1.807, 2.05) is 52.5 Å². The van der Waals surface area contributed by atoms with E-state index >= 15 is 0 Å². The molecule has 1 aliphatic heterocycles. The summed E-state index contributed by atoms with van der Waals surface area (Å²) in [4.78, 5) is 21.5. The van der Waals surface area contributed by atoms with Crippen LogP contribution in [0.3, 0.4) is 0 Å². The molecule has 0 unspecified atom stereocenters. The monoisotopic (exact) mass is 447 g/mol. The number of ether oxygens (including phenoxy) is 2. The van der Waals surface area contributed by atoms with Crippen LogP contribution in [0.1, 0.15) is 67.5 Å². The Morgan fingerprint density at radius 2 is 1.84 bits per heavy atom. The van der Waals surface area contributed by atoms with Crippen molar-refractivity contribution in [1.29, 1.82) is 0 Å². The first kappa shape index (κ1) is 24.1. The molecule has 178 valence electrons. The molecule has 1 saturated heterocycles. The molecule has 2 atom stereocenters. The van der Waals surface area contributed by atoms with Crippen LogP contribution in [0.2, 0.25) is 0 Å². The highest BCUT2D eigenvalue weighted by molar-refractivity contribution is 5.69. The zero-order chi connectivity index (χ0) is 23.8. The predicted octanol–water partition coefficient (Wildman–Crippen LogP) is 3.62. The lowest BCUT2D eigenvalue weighted by atomic mass is 10.1. The second-order valence-electron chi connectivity index (χ2n) is 10.4. The minimum atomic E-state index is -0.540. The highest BCUT2D eigenvalue weighted by Gasteiger charge is 2.37. The minimum absolute atomic E-state index is 0.0101. The molecule has 3 heterocycles. The molecule has 1 N–H and O–H groups in total. The first-order valence-corrected chi connectivity index (χ1v) is 11.3. The van der Waals surface area contributed by atoms with Crippen molar-refractivity contribution in [3.05, 3.63) is 17.8 Å². The average molecular weight is 448 g/mol. The van der Waals surface area contributed by atoms with Gasteiger partial charge in [-0.15, -0.1) is 0 Å². The second kappa shape index (κ2) is 8.77. The van der Waals surface area contributed by atoms with Crippen molar-refractivity contribution in [3.8, 4) is 5.88 Å². The number of carbonyl (C=O) groups is 1. The quantitative estimate of drug-likeness (QED) is 0.765. The van der Waals surface area contributed by atoms with Crippen LogP contribution in [-0.2, 0) is 11.3 Å². The molecule has 0 aromatic carbocycles. The largest absolute Gasteiger partial charge is 0.472 e. The maximum atomic E-state index is 12.8. The third-order valence-corrected chi connectivity index (χ3v) is 5.24. The van der Waals surface area contributed by atoms with E-state index in [2.05, 4.69) is 28.8 Å². The van der Waals surface area contributed by atoms with E-state index in [9.17, 15) is 9.90 Å². The van der Waals surface area contributed by atoms with Gasteiger partial charge in [0.1, 0.15) is 17.0 Å². The summed E-state index contributed by atoms with van der Waals surface area (Å²) >= 11 is 0. The highest BCUT2D eigenvalue weighted by Crippen LogP contribution is 2.30. The van der Waals surface area contributed by atoms with E-state index in [0.29, 0.717) is 30.3 Å². The van der Waals surface area contributed by atoms with Gasteiger partial charge in [-0.2, -0.15) is 14.6 Å². The maximum Gasteiger partial charge on any atom is 0.410 e. The number of amides is 1. The van der Waals surface area contributed by atoms with Crippen molar-refractivity contribution in [3.63, 3.8) is 0 Å². The molecule has 2 aromatic rings. The molecule has 1 amide bonds. The average Bonchev–Trinajstić information content (AvgIpc) is 3.07. The van der Waals surface area contributed by atoms with Gasteiger partial charge >= 0.3 is 6.09 Å². The molecule has 9 nitrogen and oxygen atoms in total. The third-order valence-electron chi connectivity index (χ3n) is 5.24. The highest BCUT2D eigenvalue weighted by atomic mass is 16.6. The third kappa shape index (κ3) is 5.43. The number of carbonyl (C=O) groups excluding carboxylic acids is 1. The lowest BCUT2D eigenvalue weighted by molar-refractivity contribution is 0.0105. The smallest absolute Gasteiger partial charge is 0.410 e. The summed E-state index contributed by atoms with van der Waals surface area (Å²) in [6.07, 6.45) is 0.511. The standard InChI is InChI=1S/C23H37N5O4/c1-9-17-13-26(15(2)12-27(17)21(30)32-23(6,7)8)20-11-19(31-22(3,4)5)24-18-10-16(14-29)25-28(18)20/h10-11,15,17,29H,9,12-14H2,1-8H3/t15-,17+/m0/s1. The number of hydrogen-bond donors (Lipinski definition) is 1. The Balaban J connectivity index is 1.98. The maximum absolute atomic E-state index is 12.8. The summed E-state index contributed by atoms with van der Waals surface area (Å²) < 4.78 is 13.5. The van der Waals surface area contributed by atoms with Crippen molar-refractivity contribution in [2.75, 3.05) is 18.0 Å². The van der Waals surface area contributed by atoms with Gasteiger partial charge in [-0.1, -0.05) is 6.92 Å². The zero-order valence-electron chi connectivity index (χ0n) is 20.5. The predicted molar refractivity (Wildman–Crippen MR) is 123 cm³/mol. The topological polar surface area (TPSA) is 92.4 Å². The van der Waals surface area contributed by atoms with Gasteiger partial charge in [0, 0.05) is 31.3 Å². The lowest BCUT2D eigenvalue weighted by Gasteiger charge is -2.46. The number of aliphatic hydroxyl groups is 1. The molecule has 0 aliphatic carbocycles. The van der Waals surface area contributed by atoms with Crippen LogP contribution in [0.4, 0.5) is 10.6 Å². The van der Waals surface area contributed by atoms with Crippen LogP contribution in [0.25, 0.3) is 5.65 Å².